The lowest BCUT2D eigenvalue weighted by atomic mass is 10.2. The van der Waals surface area contributed by atoms with E-state index in [4.69, 9.17) is 9.16 Å². The van der Waals surface area contributed by atoms with E-state index in [2.05, 4.69) is 84.4 Å². The Morgan fingerprint density at radius 3 is 2.42 bits per heavy atom. The van der Waals surface area contributed by atoms with Crippen molar-refractivity contribution in [1.29, 1.82) is 0 Å². The van der Waals surface area contributed by atoms with Crippen LogP contribution >= 0.6 is 15.9 Å². The summed E-state index contributed by atoms with van der Waals surface area (Å²) in [6, 6.07) is 10.3. The Hall–Kier alpha value is -0.646. The predicted molar refractivity (Wildman–Crippen MR) is 122 cm³/mol. The van der Waals surface area contributed by atoms with E-state index >= 15 is 0 Å². The molecule has 0 radical (unpaired) electrons. The Balaban J connectivity index is 2.46. The maximum absolute atomic E-state index is 6.36. The molecule has 0 N–H and O–H groups in total. The van der Waals surface area contributed by atoms with Crippen molar-refractivity contribution >= 4 is 32.3 Å². The van der Waals surface area contributed by atoms with Crippen LogP contribution < -0.4 is 0 Å². The molecule has 1 aromatic rings. The minimum Gasteiger partial charge on any atom is -0.409 e. The van der Waals surface area contributed by atoms with Crippen molar-refractivity contribution in [3.63, 3.8) is 0 Å². The van der Waals surface area contributed by atoms with Crippen LogP contribution in [0.5, 0.6) is 0 Å². The van der Waals surface area contributed by atoms with Crippen molar-refractivity contribution in [1.82, 2.24) is 0 Å². The molecule has 0 saturated heterocycles. The molecule has 0 aliphatic rings. The molecular formula is C21H33BrO2Si2. The maximum Gasteiger partial charge on any atom is 0.197 e. The van der Waals surface area contributed by atoms with Crippen molar-refractivity contribution in [2.45, 2.75) is 58.3 Å². The number of ether oxygens (including phenoxy) is 1. The Bertz CT molecular complexity index is 598. The largest absolute Gasteiger partial charge is 0.409 e. The number of hydrogen-bond donors (Lipinski definition) is 0. The standard InChI is InChI=1S/C21H33BrO2Si2/c1-25(2,3)17-11-15-21(24-26(4,5)19-22)14-9-10-16-23-18-20-12-7-6-8-13-20/h6-9,12-14,21H,10,15-16,18-19H2,1-5H3/b14-9+. The zero-order chi connectivity index (χ0) is 19.5. The highest BCUT2D eigenvalue weighted by molar-refractivity contribution is 9.09. The van der Waals surface area contributed by atoms with Gasteiger partial charge in [0.05, 0.1) is 19.3 Å². The van der Waals surface area contributed by atoms with Crippen LogP contribution in [0.1, 0.15) is 18.4 Å². The lowest BCUT2D eigenvalue weighted by Gasteiger charge is -2.25. The fourth-order valence-electron chi connectivity index (χ4n) is 2.17. The fourth-order valence-corrected chi connectivity index (χ4v) is 4.24. The average molecular weight is 454 g/mol. The summed E-state index contributed by atoms with van der Waals surface area (Å²) in [5.74, 6) is 3.36. The number of rotatable bonds is 10. The first-order valence-corrected chi connectivity index (χ1v) is 17.0. The van der Waals surface area contributed by atoms with Gasteiger partial charge < -0.3 is 9.16 Å². The summed E-state index contributed by atoms with van der Waals surface area (Å²) >= 11 is 3.59. The second-order valence-corrected chi connectivity index (χ2v) is 18.5. The number of benzene rings is 1. The third kappa shape index (κ3) is 11.9. The average Bonchev–Trinajstić information content (AvgIpc) is 2.57. The minimum atomic E-state index is -1.68. The lowest BCUT2D eigenvalue weighted by molar-refractivity contribution is 0.125. The van der Waals surface area contributed by atoms with Gasteiger partial charge in [-0.15, -0.1) is 11.5 Å². The van der Waals surface area contributed by atoms with Gasteiger partial charge in [-0.2, -0.15) is 0 Å². The van der Waals surface area contributed by atoms with E-state index in [1.165, 1.54) is 5.56 Å². The smallest absolute Gasteiger partial charge is 0.197 e. The first-order valence-electron chi connectivity index (χ1n) is 9.24. The topological polar surface area (TPSA) is 18.5 Å². The molecule has 0 bridgehead atoms. The molecule has 0 saturated carbocycles. The van der Waals surface area contributed by atoms with E-state index in [0.717, 1.165) is 24.4 Å². The summed E-state index contributed by atoms with van der Waals surface area (Å²) in [5.41, 5.74) is 4.65. The lowest BCUT2D eigenvalue weighted by Crippen LogP contribution is -2.37. The highest BCUT2D eigenvalue weighted by Crippen LogP contribution is 2.14. The molecule has 1 atom stereocenters. The highest BCUT2D eigenvalue weighted by atomic mass is 79.9. The van der Waals surface area contributed by atoms with Crippen LogP contribution in [0.4, 0.5) is 0 Å². The summed E-state index contributed by atoms with van der Waals surface area (Å²) in [4.78, 5) is 0.936. The van der Waals surface area contributed by atoms with E-state index in [9.17, 15) is 0 Å². The first kappa shape index (κ1) is 23.4. The summed E-state index contributed by atoms with van der Waals surface area (Å²) in [7, 11) is -3.01. The SMILES string of the molecule is C[Si](C)(C)C#CCC(/C=C/CCOCc1ccccc1)O[Si](C)(C)CBr. The van der Waals surface area contributed by atoms with Gasteiger partial charge in [-0.3, -0.25) is 0 Å². The second kappa shape index (κ2) is 11.9. The molecule has 144 valence electrons. The zero-order valence-electron chi connectivity index (χ0n) is 16.8. The molecule has 1 aromatic carbocycles. The Morgan fingerprint density at radius 2 is 1.81 bits per heavy atom. The van der Waals surface area contributed by atoms with Gasteiger partial charge in [-0.05, 0) is 25.1 Å². The fraction of sp³-hybridized carbons (Fsp3) is 0.524. The molecule has 2 nitrogen and oxygen atoms in total. The molecule has 0 aliphatic carbocycles. The molecule has 0 aromatic heterocycles. The van der Waals surface area contributed by atoms with Crippen LogP contribution in [0.2, 0.25) is 32.7 Å². The van der Waals surface area contributed by atoms with Crippen LogP contribution in [-0.2, 0) is 15.8 Å². The molecule has 0 amide bonds. The summed E-state index contributed by atoms with van der Waals surface area (Å²) in [5, 5.41) is 0. The van der Waals surface area contributed by atoms with Gasteiger partial charge >= 0.3 is 0 Å². The predicted octanol–water partition coefficient (Wildman–Crippen LogP) is 5.94. The summed E-state index contributed by atoms with van der Waals surface area (Å²) in [6.45, 7) is 12.7. The molecule has 0 fully saturated rings. The van der Waals surface area contributed by atoms with Crippen LogP contribution in [0.3, 0.4) is 0 Å². The molecule has 1 unspecified atom stereocenters. The van der Waals surface area contributed by atoms with Gasteiger partial charge in [-0.25, -0.2) is 0 Å². The van der Waals surface area contributed by atoms with Gasteiger partial charge in [0.15, 0.2) is 8.32 Å². The van der Waals surface area contributed by atoms with Gasteiger partial charge in [0.1, 0.15) is 8.07 Å². The van der Waals surface area contributed by atoms with Crippen molar-refractivity contribution in [2.24, 2.45) is 0 Å². The van der Waals surface area contributed by atoms with Crippen LogP contribution in [0.15, 0.2) is 42.5 Å². The van der Waals surface area contributed by atoms with Crippen molar-refractivity contribution < 1.29 is 9.16 Å². The third-order valence-corrected chi connectivity index (χ3v) is 10.0. The van der Waals surface area contributed by atoms with Crippen molar-refractivity contribution in [2.75, 3.05) is 11.6 Å². The van der Waals surface area contributed by atoms with E-state index in [0.29, 0.717) is 6.61 Å². The molecule has 26 heavy (non-hydrogen) atoms. The van der Waals surface area contributed by atoms with Crippen LogP contribution in [0, 0.1) is 11.5 Å². The van der Waals surface area contributed by atoms with Gasteiger partial charge in [0.25, 0.3) is 0 Å². The van der Waals surface area contributed by atoms with Gasteiger partial charge in [-0.1, -0.05) is 78.1 Å². The quantitative estimate of drug-likeness (QED) is 0.143. The van der Waals surface area contributed by atoms with Crippen molar-refractivity contribution in [3.8, 4) is 11.5 Å². The Kier molecular flexibility index (Phi) is 10.7. The maximum atomic E-state index is 6.36. The normalized spacial score (nSPS) is 13.5. The Morgan fingerprint density at radius 1 is 1.12 bits per heavy atom. The molecule has 0 aliphatic heterocycles. The molecule has 0 heterocycles. The van der Waals surface area contributed by atoms with Crippen LogP contribution in [-0.4, -0.2) is 34.1 Å². The molecule has 5 heteroatoms. The van der Waals surface area contributed by atoms with E-state index in [1.807, 2.05) is 18.2 Å². The minimum absolute atomic E-state index is 0.0761. The van der Waals surface area contributed by atoms with E-state index in [-0.39, 0.29) is 6.10 Å². The molecule has 0 spiro atoms. The highest BCUT2D eigenvalue weighted by Gasteiger charge is 2.24. The van der Waals surface area contributed by atoms with Crippen molar-refractivity contribution in [3.05, 3.63) is 48.0 Å². The van der Waals surface area contributed by atoms with E-state index in [1.54, 1.807) is 0 Å². The second-order valence-electron chi connectivity index (χ2n) is 8.06. The number of alkyl halides is 1. The zero-order valence-corrected chi connectivity index (χ0v) is 20.4. The van der Waals surface area contributed by atoms with E-state index < -0.39 is 16.4 Å². The number of hydrogen-bond acceptors (Lipinski definition) is 2. The Labute approximate surface area is 170 Å². The molecular weight excluding hydrogens is 420 g/mol. The first-order chi connectivity index (χ1) is 12.2. The monoisotopic (exact) mass is 452 g/mol. The van der Waals surface area contributed by atoms with Gasteiger partial charge in [0, 0.05) is 11.4 Å². The summed E-state index contributed by atoms with van der Waals surface area (Å²) in [6.07, 6.45) is 6.08. The van der Waals surface area contributed by atoms with Gasteiger partial charge in [0.2, 0.25) is 0 Å². The summed E-state index contributed by atoms with van der Waals surface area (Å²) < 4.78 is 12.1. The molecule has 1 rings (SSSR count). The third-order valence-electron chi connectivity index (χ3n) is 3.45. The van der Waals surface area contributed by atoms with Crippen LogP contribution in [0.25, 0.3) is 0 Å². The number of halogens is 1.